The highest BCUT2D eigenvalue weighted by Gasteiger charge is 2.22. The van der Waals surface area contributed by atoms with Crippen molar-refractivity contribution in [3.63, 3.8) is 0 Å². The maximum atomic E-state index is 12.4. The van der Waals surface area contributed by atoms with Crippen LogP contribution in [0.4, 0.5) is 0 Å². The number of aryl methyl sites for hydroxylation is 1. The molecule has 0 aliphatic heterocycles. The zero-order valence-corrected chi connectivity index (χ0v) is 15.4. The van der Waals surface area contributed by atoms with Gasteiger partial charge in [0.2, 0.25) is 5.91 Å². The van der Waals surface area contributed by atoms with Gasteiger partial charge in [-0.1, -0.05) is 72.8 Å². The van der Waals surface area contributed by atoms with Gasteiger partial charge in [0.05, 0.1) is 7.11 Å². The van der Waals surface area contributed by atoms with Gasteiger partial charge in [0.25, 0.3) is 0 Å². The molecule has 0 bridgehead atoms. The highest BCUT2D eigenvalue weighted by atomic mass is 16.5. The van der Waals surface area contributed by atoms with E-state index in [1.807, 2.05) is 72.8 Å². The minimum atomic E-state index is -0.705. The molecule has 4 heteroatoms. The van der Waals surface area contributed by atoms with Crippen molar-refractivity contribution in [2.45, 2.75) is 25.3 Å². The quantitative estimate of drug-likeness (QED) is 0.653. The SMILES string of the molecule is COC(=O)[C@@H](Cc1cccc2ccccc12)NC(=O)CCc1ccccc1. The number of rotatable bonds is 7. The Bertz CT molecular complexity index is 916. The van der Waals surface area contributed by atoms with Crippen LogP contribution in [0.2, 0.25) is 0 Å². The van der Waals surface area contributed by atoms with Crippen LogP contribution in [0.3, 0.4) is 0 Å². The van der Waals surface area contributed by atoms with E-state index in [4.69, 9.17) is 4.74 Å². The van der Waals surface area contributed by atoms with E-state index in [9.17, 15) is 9.59 Å². The van der Waals surface area contributed by atoms with Crippen LogP contribution in [0, 0.1) is 0 Å². The number of benzene rings is 3. The van der Waals surface area contributed by atoms with Crippen LogP contribution < -0.4 is 5.32 Å². The molecule has 4 nitrogen and oxygen atoms in total. The van der Waals surface area contributed by atoms with Crippen LogP contribution in [0.25, 0.3) is 10.8 Å². The van der Waals surface area contributed by atoms with E-state index >= 15 is 0 Å². The lowest BCUT2D eigenvalue weighted by atomic mass is 9.98. The van der Waals surface area contributed by atoms with Crippen molar-refractivity contribution in [1.29, 1.82) is 0 Å². The maximum Gasteiger partial charge on any atom is 0.328 e. The van der Waals surface area contributed by atoms with Gasteiger partial charge in [-0.3, -0.25) is 4.79 Å². The van der Waals surface area contributed by atoms with Gasteiger partial charge in [-0.2, -0.15) is 0 Å². The minimum absolute atomic E-state index is 0.158. The number of methoxy groups -OCH3 is 1. The summed E-state index contributed by atoms with van der Waals surface area (Å²) in [6.45, 7) is 0. The topological polar surface area (TPSA) is 55.4 Å². The average molecular weight is 361 g/mol. The van der Waals surface area contributed by atoms with Crippen LogP contribution in [0.15, 0.2) is 72.8 Å². The normalized spacial score (nSPS) is 11.7. The molecule has 0 saturated heterocycles. The third-order valence-corrected chi connectivity index (χ3v) is 4.61. The molecule has 0 radical (unpaired) electrons. The Morgan fingerprint density at radius 3 is 2.41 bits per heavy atom. The largest absolute Gasteiger partial charge is 0.467 e. The fourth-order valence-electron chi connectivity index (χ4n) is 3.19. The number of amides is 1. The molecule has 27 heavy (non-hydrogen) atoms. The number of carbonyl (C=O) groups is 2. The van der Waals surface area contributed by atoms with Gasteiger partial charge < -0.3 is 10.1 Å². The van der Waals surface area contributed by atoms with Crippen molar-refractivity contribution >= 4 is 22.6 Å². The molecule has 0 aliphatic rings. The van der Waals surface area contributed by atoms with E-state index in [-0.39, 0.29) is 5.91 Å². The molecule has 0 spiro atoms. The van der Waals surface area contributed by atoms with Crippen molar-refractivity contribution in [2.24, 2.45) is 0 Å². The monoisotopic (exact) mass is 361 g/mol. The third-order valence-electron chi connectivity index (χ3n) is 4.61. The van der Waals surface area contributed by atoms with Gasteiger partial charge in [-0.05, 0) is 28.3 Å². The van der Waals surface area contributed by atoms with Gasteiger partial charge in [0.15, 0.2) is 0 Å². The molecular formula is C23H23NO3. The van der Waals surface area contributed by atoms with Gasteiger partial charge >= 0.3 is 5.97 Å². The van der Waals surface area contributed by atoms with Gasteiger partial charge in [-0.25, -0.2) is 4.79 Å². The molecule has 3 aromatic carbocycles. The molecule has 3 aromatic rings. The Kier molecular flexibility index (Phi) is 6.21. The highest BCUT2D eigenvalue weighted by Crippen LogP contribution is 2.20. The van der Waals surface area contributed by atoms with E-state index in [2.05, 4.69) is 5.32 Å². The van der Waals surface area contributed by atoms with Crippen molar-refractivity contribution in [3.05, 3.63) is 83.9 Å². The summed E-state index contributed by atoms with van der Waals surface area (Å²) < 4.78 is 4.91. The molecule has 3 rings (SSSR count). The molecule has 0 fully saturated rings. The molecule has 0 heterocycles. The molecule has 138 valence electrons. The number of ether oxygens (including phenoxy) is 1. The number of fused-ring (bicyclic) bond motifs is 1. The first-order valence-corrected chi connectivity index (χ1v) is 9.05. The third kappa shape index (κ3) is 4.94. The molecule has 0 saturated carbocycles. The number of esters is 1. The fraction of sp³-hybridized carbons (Fsp3) is 0.217. The summed E-state index contributed by atoms with van der Waals surface area (Å²) in [5.41, 5.74) is 2.10. The summed E-state index contributed by atoms with van der Waals surface area (Å²) in [4.78, 5) is 24.6. The molecule has 0 aliphatic carbocycles. The first-order chi connectivity index (χ1) is 13.2. The standard InChI is InChI=1S/C23H23NO3/c1-27-23(26)21(24-22(25)15-14-17-8-3-2-4-9-17)16-19-12-7-11-18-10-5-6-13-20(18)19/h2-13,21H,14-16H2,1H3,(H,24,25)/t21-/m1/s1. The van der Waals surface area contributed by atoms with Crippen molar-refractivity contribution in [3.8, 4) is 0 Å². The summed E-state index contributed by atoms with van der Waals surface area (Å²) in [5, 5.41) is 5.02. The molecular weight excluding hydrogens is 338 g/mol. The number of carbonyl (C=O) groups excluding carboxylic acids is 2. The smallest absolute Gasteiger partial charge is 0.328 e. The zero-order chi connectivity index (χ0) is 19.1. The molecule has 0 unspecified atom stereocenters. The van der Waals surface area contributed by atoms with E-state index in [0.717, 1.165) is 21.9 Å². The van der Waals surface area contributed by atoms with Crippen molar-refractivity contribution in [1.82, 2.24) is 5.32 Å². The molecule has 1 atom stereocenters. The second kappa shape index (κ2) is 8.99. The summed E-state index contributed by atoms with van der Waals surface area (Å²) in [7, 11) is 1.34. The maximum absolute atomic E-state index is 12.4. The lowest BCUT2D eigenvalue weighted by Gasteiger charge is -2.18. The Labute approximate surface area is 159 Å². The number of nitrogens with one attached hydrogen (secondary N) is 1. The van der Waals surface area contributed by atoms with Gasteiger partial charge in [0, 0.05) is 12.8 Å². The Morgan fingerprint density at radius 2 is 1.63 bits per heavy atom. The second-order valence-corrected chi connectivity index (χ2v) is 6.47. The lowest BCUT2D eigenvalue weighted by molar-refractivity contribution is -0.145. The van der Waals surface area contributed by atoms with Crippen LogP contribution in [-0.4, -0.2) is 25.0 Å². The van der Waals surface area contributed by atoms with Gasteiger partial charge in [0.1, 0.15) is 6.04 Å². The van der Waals surface area contributed by atoms with Crippen LogP contribution in [0.1, 0.15) is 17.5 Å². The predicted molar refractivity (Wildman–Crippen MR) is 106 cm³/mol. The summed E-state index contributed by atoms with van der Waals surface area (Å²) in [6, 6.07) is 23.1. The molecule has 1 N–H and O–H groups in total. The first kappa shape index (κ1) is 18.6. The Hall–Kier alpha value is -3.14. The van der Waals surface area contributed by atoms with Crippen LogP contribution in [-0.2, 0) is 27.2 Å². The van der Waals surface area contributed by atoms with Crippen LogP contribution in [0.5, 0.6) is 0 Å². The number of hydrogen-bond acceptors (Lipinski definition) is 3. The predicted octanol–water partition coefficient (Wildman–Crippen LogP) is 3.67. The van der Waals surface area contributed by atoms with E-state index in [1.165, 1.54) is 7.11 Å². The van der Waals surface area contributed by atoms with E-state index in [1.54, 1.807) is 0 Å². The van der Waals surface area contributed by atoms with Crippen LogP contribution >= 0.6 is 0 Å². The molecule has 1 amide bonds. The summed E-state index contributed by atoms with van der Waals surface area (Å²) >= 11 is 0. The van der Waals surface area contributed by atoms with Gasteiger partial charge in [-0.15, -0.1) is 0 Å². The second-order valence-electron chi connectivity index (χ2n) is 6.47. The minimum Gasteiger partial charge on any atom is -0.467 e. The van der Waals surface area contributed by atoms with Crippen molar-refractivity contribution < 1.29 is 14.3 Å². The average Bonchev–Trinajstić information content (AvgIpc) is 2.72. The molecule has 0 aromatic heterocycles. The van der Waals surface area contributed by atoms with Crippen molar-refractivity contribution in [2.75, 3.05) is 7.11 Å². The zero-order valence-electron chi connectivity index (χ0n) is 15.4. The number of hydrogen-bond donors (Lipinski definition) is 1. The summed E-state index contributed by atoms with van der Waals surface area (Å²) in [6.07, 6.45) is 1.35. The highest BCUT2D eigenvalue weighted by molar-refractivity contribution is 5.88. The van der Waals surface area contributed by atoms with E-state index < -0.39 is 12.0 Å². The first-order valence-electron chi connectivity index (χ1n) is 9.05. The fourth-order valence-corrected chi connectivity index (χ4v) is 3.19. The van der Waals surface area contributed by atoms with E-state index in [0.29, 0.717) is 19.3 Å². The lowest BCUT2D eigenvalue weighted by Crippen LogP contribution is -2.43. The Morgan fingerprint density at radius 1 is 0.926 bits per heavy atom. The summed E-state index contributed by atoms with van der Waals surface area (Å²) in [5.74, 6) is -0.592. The Balaban J connectivity index is 1.70.